The fraction of sp³-hybridized carbons (Fsp3) is 0.938. The van der Waals surface area contributed by atoms with Gasteiger partial charge in [0.05, 0.1) is 6.26 Å². The number of nitrogens with zero attached hydrogens (tertiary/aromatic N) is 1. The third-order valence-corrected chi connectivity index (χ3v) is 7.15. The summed E-state index contributed by atoms with van der Waals surface area (Å²) in [6.07, 6.45) is 9.63. The van der Waals surface area contributed by atoms with Crippen molar-refractivity contribution < 1.29 is 13.2 Å². The number of hydrogen-bond acceptors (Lipinski definition) is 3. The smallest absolute Gasteiger partial charge is 0.315 e. The Hall–Kier alpha value is -0.820. The minimum Gasteiger partial charge on any atom is -0.338 e. The molecular formula is C16H29N3O3S. The van der Waals surface area contributed by atoms with Gasteiger partial charge in [-0.05, 0) is 49.9 Å². The van der Waals surface area contributed by atoms with E-state index >= 15 is 0 Å². The first-order valence-electron chi connectivity index (χ1n) is 8.93. The van der Waals surface area contributed by atoms with Crippen molar-refractivity contribution in [3.63, 3.8) is 0 Å². The summed E-state index contributed by atoms with van der Waals surface area (Å²) in [6.45, 7) is 1.65. The molecule has 0 aromatic heterocycles. The molecule has 2 N–H and O–H groups in total. The monoisotopic (exact) mass is 343 g/mol. The third-order valence-electron chi connectivity index (χ3n) is 5.88. The van der Waals surface area contributed by atoms with Crippen LogP contribution in [-0.2, 0) is 10.0 Å². The molecule has 2 saturated carbocycles. The molecule has 132 valence electrons. The van der Waals surface area contributed by atoms with Gasteiger partial charge < -0.3 is 10.6 Å². The van der Waals surface area contributed by atoms with Gasteiger partial charge in [0, 0.05) is 25.7 Å². The van der Waals surface area contributed by atoms with Gasteiger partial charge >= 0.3 is 6.03 Å². The average molecular weight is 343 g/mol. The van der Waals surface area contributed by atoms with Gasteiger partial charge in [0.25, 0.3) is 0 Å². The summed E-state index contributed by atoms with van der Waals surface area (Å²) in [5.74, 6) is 1.55. The van der Waals surface area contributed by atoms with Crippen molar-refractivity contribution in [2.24, 2.45) is 17.8 Å². The molecular weight excluding hydrogens is 314 g/mol. The molecule has 0 aromatic rings. The standard InChI is InChI=1S/C16H29N3O3S/c1-23(21,22)19-9-8-12(11-19)10-17-16(20)18-15(13-4-2-5-13)14-6-3-7-14/h12-15H,2-11H2,1H3,(H2,17,18,20). The topological polar surface area (TPSA) is 78.5 Å². The van der Waals surface area contributed by atoms with Crippen LogP contribution in [0, 0.1) is 17.8 Å². The van der Waals surface area contributed by atoms with Crippen LogP contribution in [0.25, 0.3) is 0 Å². The average Bonchev–Trinajstić information content (AvgIpc) is 2.80. The number of carbonyl (C=O) groups is 1. The minimum atomic E-state index is -3.10. The van der Waals surface area contributed by atoms with E-state index in [9.17, 15) is 13.2 Å². The lowest BCUT2D eigenvalue weighted by Gasteiger charge is -2.42. The van der Waals surface area contributed by atoms with Crippen LogP contribution in [0.5, 0.6) is 0 Å². The summed E-state index contributed by atoms with van der Waals surface area (Å²) in [4.78, 5) is 12.2. The summed E-state index contributed by atoms with van der Waals surface area (Å²) in [5.41, 5.74) is 0. The summed E-state index contributed by atoms with van der Waals surface area (Å²) in [6, 6.07) is 0.264. The van der Waals surface area contributed by atoms with Gasteiger partial charge in [-0.2, -0.15) is 0 Å². The van der Waals surface area contributed by atoms with E-state index in [-0.39, 0.29) is 11.9 Å². The lowest BCUT2D eigenvalue weighted by molar-refractivity contribution is 0.127. The molecule has 6 nitrogen and oxygen atoms in total. The summed E-state index contributed by atoms with van der Waals surface area (Å²) in [7, 11) is -3.10. The molecule has 3 aliphatic rings. The molecule has 1 unspecified atom stereocenters. The molecule has 1 saturated heterocycles. The molecule has 1 atom stereocenters. The Morgan fingerprint density at radius 1 is 1.13 bits per heavy atom. The highest BCUT2D eigenvalue weighted by Crippen LogP contribution is 2.39. The van der Waals surface area contributed by atoms with Crippen LogP contribution < -0.4 is 10.6 Å². The van der Waals surface area contributed by atoms with Gasteiger partial charge in [0.1, 0.15) is 0 Å². The van der Waals surface area contributed by atoms with Crippen molar-refractivity contribution >= 4 is 16.1 Å². The van der Waals surface area contributed by atoms with Crippen LogP contribution in [0.3, 0.4) is 0 Å². The molecule has 0 radical (unpaired) electrons. The van der Waals surface area contributed by atoms with E-state index in [2.05, 4.69) is 10.6 Å². The predicted octanol–water partition coefficient (Wildman–Crippen LogP) is 1.54. The normalized spacial score (nSPS) is 26.8. The molecule has 7 heteroatoms. The third kappa shape index (κ3) is 4.18. The zero-order chi connectivity index (χ0) is 16.4. The number of carbonyl (C=O) groups excluding carboxylic acids is 1. The second-order valence-electron chi connectivity index (χ2n) is 7.54. The number of urea groups is 1. The Bertz CT molecular complexity index is 515. The Balaban J connectivity index is 1.42. The van der Waals surface area contributed by atoms with Crippen LogP contribution in [0.2, 0.25) is 0 Å². The highest BCUT2D eigenvalue weighted by atomic mass is 32.2. The lowest BCUT2D eigenvalue weighted by atomic mass is 9.68. The van der Waals surface area contributed by atoms with Crippen molar-refractivity contribution in [2.45, 2.75) is 51.0 Å². The molecule has 0 spiro atoms. The molecule has 23 heavy (non-hydrogen) atoms. The molecule has 2 amide bonds. The van der Waals surface area contributed by atoms with Gasteiger partial charge in [-0.15, -0.1) is 0 Å². The van der Waals surface area contributed by atoms with E-state index in [1.807, 2.05) is 0 Å². The number of nitrogens with one attached hydrogen (secondary N) is 2. The lowest BCUT2D eigenvalue weighted by Crippen LogP contribution is -2.53. The SMILES string of the molecule is CS(=O)(=O)N1CCC(CNC(=O)NC(C2CCC2)C2CCC2)C1. The number of sulfonamides is 1. The zero-order valence-electron chi connectivity index (χ0n) is 14.0. The maximum Gasteiger partial charge on any atom is 0.315 e. The maximum absolute atomic E-state index is 12.2. The molecule has 0 aromatic carbocycles. The van der Waals surface area contributed by atoms with Gasteiger partial charge in [0.15, 0.2) is 0 Å². The molecule has 1 aliphatic heterocycles. The molecule has 3 rings (SSSR count). The first kappa shape index (κ1) is 17.0. The second-order valence-corrected chi connectivity index (χ2v) is 9.52. The van der Waals surface area contributed by atoms with Crippen molar-refractivity contribution in [3.8, 4) is 0 Å². The molecule has 1 heterocycles. The van der Waals surface area contributed by atoms with E-state index in [0.717, 1.165) is 6.42 Å². The van der Waals surface area contributed by atoms with Crippen molar-refractivity contribution in [1.29, 1.82) is 0 Å². The number of amides is 2. The summed E-state index contributed by atoms with van der Waals surface area (Å²) in [5, 5.41) is 6.17. The maximum atomic E-state index is 12.2. The Kier molecular flexibility index (Phi) is 5.16. The molecule has 0 bridgehead atoms. The second kappa shape index (κ2) is 6.97. The van der Waals surface area contributed by atoms with Crippen LogP contribution >= 0.6 is 0 Å². The quantitative estimate of drug-likeness (QED) is 0.768. The Morgan fingerprint density at radius 3 is 2.17 bits per heavy atom. The highest BCUT2D eigenvalue weighted by molar-refractivity contribution is 7.88. The first-order chi connectivity index (χ1) is 10.9. The van der Waals surface area contributed by atoms with Gasteiger partial charge in [-0.1, -0.05) is 12.8 Å². The fourth-order valence-electron chi connectivity index (χ4n) is 3.92. The Morgan fingerprint density at radius 2 is 1.74 bits per heavy atom. The predicted molar refractivity (Wildman–Crippen MR) is 89.5 cm³/mol. The van der Waals surface area contributed by atoms with E-state index < -0.39 is 10.0 Å². The summed E-state index contributed by atoms with van der Waals surface area (Å²) >= 11 is 0. The zero-order valence-corrected chi connectivity index (χ0v) is 14.8. The van der Waals surface area contributed by atoms with Crippen molar-refractivity contribution in [1.82, 2.24) is 14.9 Å². The van der Waals surface area contributed by atoms with E-state index in [1.54, 1.807) is 0 Å². The molecule has 2 aliphatic carbocycles. The van der Waals surface area contributed by atoms with Crippen LogP contribution in [0.1, 0.15) is 44.9 Å². The fourth-order valence-corrected chi connectivity index (χ4v) is 4.84. The van der Waals surface area contributed by atoms with Crippen molar-refractivity contribution in [2.75, 3.05) is 25.9 Å². The van der Waals surface area contributed by atoms with E-state index in [4.69, 9.17) is 0 Å². The Labute approximate surface area is 139 Å². The van der Waals surface area contributed by atoms with Crippen LogP contribution in [0.15, 0.2) is 0 Å². The minimum absolute atomic E-state index is 0.0772. The largest absolute Gasteiger partial charge is 0.338 e. The highest BCUT2D eigenvalue weighted by Gasteiger charge is 2.37. The van der Waals surface area contributed by atoms with E-state index in [1.165, 1.54) is 49.1 Å². The van der Waals surface area contributed by atoms with Gasteiger partial charge in [-0.25, -0.2) is 17.5 Å². The van der Waals surface area contributed by atoms with E-state index in [0.29, 0.717) is 37.5 Å². The van der Waals surface area contributed by atoms with Gasteiger partial charge in [-0.3, -0.25) is 0 Å². The number of rotatable bonds is 6. The van der Waals surface area contributed by atoms with Crippen molar-refractivity contribution in [3.05, 3.63) is 0 Å². The van der Waals surface area contributed by atoms with Crippen LogP contribution in [-0.4, -0.2) is 50.7 Å². The van der Waals surface area contributed by atoms with Crippen LogP contribution in [0.4, 0.5) is 4.79 Å². The number of hydrogen-bond donors (Lipinski definition) is 2. The summed E-state index contributed by atoms with van der Waals surface area (Å²) < 4.78 is 24.5. The first-order valence-corrected chi connectivity index (χ1v) is 10.8. The van der Waals surface area contributed by atoms with Gasteiger partial charge in [0.2, 0.25) is 10.0 Å². The molecule has 3 fully saturated rings.